The van der Waals surface area contributed by atoms with Crippen molar-refractivity contribution < 1.29 is 23.9 Å². The van der Waals surface area contributed by atoms with E-state index >= 15 is 0 Å². The molecular weight excluding hydrogens is 455 g/mol. The van der Waals surface area contributed by atoms with Gasteiger partial charge >= 0.3 is 0 Å². The highest BCUT2D eigenvalue weighted by Gasteiger charge is 2.40. The Kier molecular flexibility index (Phi) is 6.95. The van der Waals surface area contributed by atoms with E-state index < -0.39 is 11.9 Å². The average Bonchev–Trinajstić information content (AvgIpc) is 3.20. The van der Waals surface area contributed by atoms with E-state index in [2.05, 4.69) is 10.2 Å². The van der Waals surface area contributed by atoms with E-state index in [-0.39, 0.29) is 37.3 Å². The Morgan fingerprint density at radius 1 is 1.11 bits per heavy atom. The lowest BCUT2D eigenvalue weighted by atomic mass is 9.76. The molecule has 0 spiro atoms. The minimum Gasteiger partial charge on any atom is -0.489 e. The summed E-state index contributed by atoms with van der Waals surface area (Å²) >= 11 is 0. The number of fused-ring (bicyclic) bond motifs is 1. The summed E-state index contributed by atoms with van der Waals surface area (Å²) in [4.78, 5) is 40.5. The maximum Gasteiger partial charge on any atom is 0.255 e. The summed E-state index contributed by atoms with van der Waals surface area (Å²) < 4.78 is 11.5. The number of hydrogen-bond donors (Lipinski definition) is 1. The van der Waals surface area contributed by atoms with Gasteiger partial charge in [0.15, 0.2) is 0 Å². The van der Waals surface area contributed by atoms with Crippen LogP contribution < -0.4 is 21.0 Å². The van der Waals surface area contributed by atoms with Gasteiger partial charge in [0.1, 0.15) is 34.1 Å². The standard InChI is InChI=1S/C25H24B3N3O5/c26-18-10-14(23(28)30-6-8-35-9-7-30)11-19(27)17(18)13-36-21-3-1-2-15-16(21)12-31(25(15)34)20-4-5-22(32)29-24(20)33/h1-3,10-11,20,23H,4-9,12-13H2,(H,29,32,33). The predicted octanol–water partition coefficient (Wildman–Crippen LogP) is -0.886. The summed E-state index contributed by atoms with van der Waals surface area (Å²) in [5.74, 6) is -0.855. The first kappa shape index (κ1) is 24.7. The van der Waals surface area contributed by atoms with Crippen LogP contribution in [0.3, 0.4) is 0 Å². The second-order valence-corrected chi connectivity index (χ2v) is 9.24. The monoisotopic (exact) mass is 479 g/mol. The van der Waals surface area contributed by atoms with Gasteiger partial charge in [0.25, 0.3) is 5.91 Å². The van der Waals surface area contributed by atoms with Gasteiger partial charge in [-0.15, -0.1) is 0 Å². The van der Waals surface area contributed by atoms with Crippen LogP contribution in [0.25, 0.3) is 0 Å². The maximum atomic E-state index is 13.0. The number of nitrogens with one attached hydrogen (secondary N) is 1. The molecule has 5 rings (SSSR count). The molecule has 3 heterocycles. The fourth-order valence-electron chi connectivity index (χ4n) is 4.99. The van der Waals surface area contributed by atoms with E-state index in [1.165, 1.54) is 4.90 Å². The smallest absolute Gasteiger partial charge is 0.255 e. The Balaban J connectivity index is 1.31. The van der Waals surface area contributed by atoms with Gasteiger partial charge in [-0.1, -0.05) is 29.1 Å². The van der Waals surface area contributed by atoms with E-state index in [1.54, 1.807) is 18.2 Å². The molecule has 11 heteroatoms. The fraction of sp³-hybridized carbons (Fsp3) is 0.400. The quantitative estimate of drug-likeness (QED) is 0.428. The third-order valence-electron chi connectivity index (χ3n) is 7.03. The molecule has 3 aliphatic heterocycles. The molecule has 2 fully saturated rings. The Labute approximate surface area is 213 Å². The average molecular weight is 479 g/mol. The van der Waals surface area contributed by atoms with E-state index in [0.717, 1.165) is 18.7 Å². The van der Waals surface area contributed by atoms with E-state index in [0.29, 0.717) is 53.0 Å². The number of morpholine rings is 1. The van der Waals surface area contributed by atoms with Crippen molar-refractivity contribution in [1.29, 1.82) is 0 Å². The van der Waals surface area contributed by atoms with Crippen molar-refractivity contribution in [1.82, 2.24) is 15.1 Å². The molecule has 36 heavy (non-hydrogen) atoms. The van der Waals surface area contributed by atoms with Gasteiger partial charge in [-0.3, -0.25) is 19.7 Å². The number of hydrogen-bond acceptors (Lipinski definition) is 6. The van der Waals surface area contributed by atoms with E-state index in [1.807, 2.05) is 12.1 Å². The van der Waals surface area contributed by atoms with Crippen LogP contribution in [0.15, 0.2) is 30.3 Å². The normalized spacial score (nSPS) is 21.3. The molecule has 1 N–H and O–H groups in total. The largest absolute Gasteiger partial charge is 0.489 e. The zero-order valence-corrected chi connectivity index (χ0v) is 19.9. The molecule has 2 aromatic carbocycles. The van der Waals surface area contributed by atoms with Crippen molar-refractivity contribution in [3.8, 4) is 5.75 Å². The van der Waals surface area contributed by atoms with Gasteiger partial charge in [-0.25, -0.2) is 0 Å². The number of carbonyl (C=O) groups excluding carboxylic acids is 3. The lowest BCUT2D eigenvalue weighted by molar-refractivity contribution is -0.136. The molecule has 0 aromatic heterocycles. The van der Waals surface area contributed by atoms with Crippen LogP contribution in [0.5, 0.6) is 5.75 Å². The number of ether oxygens (including phenoxy) is 2. The summed E-state index contributed by atoms with van der Waals surface area (Å²) in [6.45, 7) is 3.06. The highest BCUT2D eigenvalue weighted by Crippen LogP contribution is 2.34. The highest BCUT2D eigenvalue weighted by molar-refractivity contribution is 6.40. The molecule has 3 aliphatic rings. The van der Waals surface area contributed by atoms with Crippen molar-refractivity contribution in [2.24, 2.45) is 0 Å². The number of carbonyl (C=O) groups is 3. The SMILES string of the molecule is [B]c1cc(C([B])N2CCOCC2)cc([B])c1COc1cccc2c1CN(C1CCC(=O)NC1=O)C2=O. The van der Waals surface area contributed by atoms with Crippen LogP contribution in [0, 0.1) is 0 Å². The number of rotatable bonds is 6. The van der Waals surface area contributed by atoms with Crippen molar-refractivity contribution in [2.75, 3.05) is 26.3 Å². The molecule has 3 amide bonds. The molecule has 0 saturated carbocycles. The highest BCUT2D eigenvalue weighted by atomic mass is 16.5. The second-order valence-electron chi connectivity index (χ2n) is 9.24. The van der Waals surface area contributed by atoms with Gasteiger partial charge in [-0.05, 0) is 35.6 Å². The number of amides is 3. The lowest BCUT2D eigenvalue weighted by Crippen LogP contribution is -2.52. The van der Waals surface area contributed by atoms with Gasteiger partial charge < -0.3 is 19.3 Å². The maximum absolute atomic E-state index is 13.0. The summed E-state index contributed by atoms with van der Waals surface area (Å²) in [5, 5.41) is 2.31. The summed E-state index contributed by atoms with van der Waals surface area (Å²) in [6.07, 6.45) is 0.496. The van der Waals surface area contributed by atoms with Gasteiger partial charge in [0.2, 0.25) is 11.8 Å². The minimum atomic E-state index is -0.690. The molecule has 2 atom stereocenters. The topological polar surface area (TPSA) is 88.2 Å². The Bertz CT molecular complexity index is 1190. The van der Waals surface area contributed by atoms with Gasteiger partial charge in [0, 0.05) is 30.6 Å². The van der Waals surface area contributed by atoms with E-state index in [4.69, 9.17) is 33.0 Å². The van der Waals surface area contributed by atoms with Crippen molar-refractivity contribution in [3.05, 3.63) is 52.6 Å². The molecular formula is C25H24B3N3O5. The van der Waals surface area contributed by atoms with Crippen molar-refractivity contribution in [3.63, 3.8) is 0 Å². The van der Waals surface area contributed by atoms with Crippen LogP contribution in [-0.2, 0) is 27.5 Å². The third-order valence-corrected chi connectivity index (χ3v) is 7.03. The van der Waals surface area contributed by atoms with E-state index in [9.17, 15) is 14.4 Å². The van der Waals surface area contributed by atoms with Crippen LogP contribution in [0.1, 0.15) is 45.8 Å². The first-order valence-electron chi connectivity index (χ1n) is 12.0. The number of piperidine rings is 1. The zero-order chi connectivity index (χ0) is 25.4. The van der Waals surface area contributed by atoms with Crippen LogP contribution in [0.2, 0.25) is 0 Å². The van der Waals surface area contributed by atoms with Crippen LogP contribution >= 0.6 is 0 Å². The first-order chi connectivity index (χ1) is 17.3. The fourth-order valence-corrected chi connectivity index (χ4v) is 4.99. The van der Waals surface area contributed by atoms with Gasteiger partial charge in [0.05, 0.1) is 27.6 Å². The zero-order valence-electron chi connectivity index (χ0n) is 19.9. The molecule has 178 valence electrons. The number of nitrogens with zero attached hydrogens (tertiary/aromatic N) is 2. The Morgan fingerprint density at radius 2 is 1.83 bits per heavy atom. The van der Waals surface area contributed by atoms with Gasteiger partial charge in [-0.2, -0.15) is 0 Å². The summed E-state index contributed by atoms with van der Waals surface area (Å²) in [5.41, 5.74) is 3.57. The number of benzene rings is 2. The summed E-state index contributed by atoms with van der Waals surface area (Å²) in [7, 11) is 19.1. The Morgan fingerprint density at radius 3 is 2.53 bits per heavy atom. The molecule has 2 saturated heterocycles. The molecule has 2 aromatic rings. The summed E-state index contributed by atoms with van der Waals surface area (Å²) in [6, 6.07) is 8.16. The molecule has 0 aliphatic carbocycles. The minimum absolute atomic E-state index is 0.105. The lowest BCUT2D eigenvalue weighted by Gasteiger charge is -2.33. The second kappa shape index (κ2) is 10.1. The molecule has 0 bridgehead atoms. The molecule has 6 radical (unpaired) electrons. The number of imide groups is 1. The van der Waals surface area contributed by atoms with Crippen molar-refractivity contribution >= 4 is 52.2 Å². The van der Waals surface area contributed by atoms with Crippen molar-refractivity contribution in [2.45, 2.75) is 38.0 Å². The molecule has 2 unspecified atom stereocenters. The van der Waals surface area contributed by atoms with Crippen LogP contribution in [-0.4, -0.2) is 83.4 Å². The predicted molar refractivity (Wildman–Crippen MR) is 135 cm³/mol. The third kappa shape index (κ3) is 4.69. The first-order valence-corrected chi connectivity index (χ1v) is 12.0. The Hall–Kier alpha value is -3.04. The molecule has 8 nitrogen and oxygen atoms in total. The van der Waals surface area contributed by atoms with Crippen LogP contribution in [0.4, 0.5) is 0 Å².